The van der Waals surface area contributed by atoms with Crippen molar-refractivity contribution in [2.24, 2.45) is 0 Å². The molecular weight excluding hydrogens is 372 g/mol. The Balaban J connectivity index is 1.67. The summed E-state index contributed by atoms with van der Waals surface area (Å²) in [6.07, 6.45) is 1.51. The van der Waals surface area contributed by atoms with Gasteiger partial charge in [-0.3, -0.25) is 0 Å². The number of para-hydroxylation sites is 1. The van der Waals surface area contributed by atoms with Crippen LogP contribution in [0.15, 0.2) is 54.9 Å². The number of methoxy groups -OCH3 is 1. The van der Waals surface area contributed by atoms with Crippen molar-refractivity contribution in [1.29, 1.82) is 0 Å². The van der Waals surface area contributed by atoms with E-state index in [0.717, 1.165) is 28.2 Å². The number of benzene rings is 2. The standard InChI is InChI=1S/C20H20N6OS/c1-3-26(13-7-5-4-6-8-13)19-17(21)18(22-12-23-19)25-20-24-15-10-9-14(27-2)11-16(15)28-20/h4-12H,3,21H2,1-2H3,(H,22,23,24,25). The first-order valence-electron chi connectivity index (χ1n) is 8.84. The number of aromatic nitrogens is 3. The molecule has 0 unspecified atom stereocenters. The topological polar surface area (TPSA) is 89.2 Å². The van der Waals surface area contributed by atoms with Crippen LogP contribution in [0.25, 0.3) is 10.2 Å². The molecule has 142 valence electrons. The van der Waals surface area contributed by atoms with Crippen LogP contribution >= 0.6 is 11.3 Å². The van der Waals surface area contributed by atoms with Crippen LogP contribution < -0.4 is 20.7 Å². The molecule has 4 rings (SSSR count). The lowest BCUT2D eigenvalue weighted by Gasteiger charge is -2.24. The van der Waals surface area contributed by atoms with Crippen LogP contribution in [0, 0.1) is 0 Å². The van der Waals surface area contributed by atoms with Gasteiger partial charge in [-0.2, -0.15) is 0 Å². The molecule has 2 heterocycles. The van der Waals surface area contributed by atoms with Gasteiger partial charge in [-0.1, -0.05) is 29.5 Å². The molecular formula is C20H20N6OS. The normalized spacial score (nSPS) is 10.8. The zero-order valence-corrected chi connectivity index (χ0v) is 16.4. The maximum Gasteiger partial charge on any atom is 0.189 e. The highest BCUT2D eigenvalue weighted by molar-refractivity contribution is 7.22. The minimum Gasteiger partial charge on any atom is -0.497 e. The summed E-state index contributed by atoms with van der Waals surface area (Å²) < 4.78 is 6.30. The molecule has 2 aromatic carbocycles. The Hall–Kier alpha value is -3.39. The predicted octanol–water partition coefficient (Wildman–Crippen LogP) is 4.58. The van der Waals surface area contributed by atoms with Gasteiger partial charge in [0.1, 0.15) is 17.8 Å². The van der Waals surface area contributed by atoms with Crippen LogP contribution in [0.3, 0.4) is 0 Å². The van der Waals surface area contributed by atoms with Gasteiger partial charge in [0, 0.05) is 12.2 Å². The molecule has 8 heteroatoms. The first-order chi connectivity index (χ1) is 13.7. The van der Waals surface area contributed by atoms with Crippen molar-refractivity contribution < 1.29 is 4.74 Å². The highest BCUT2D eigenvalue weighted by Crippen LogP contribution is 2.35. The molecule has 28 heavy (non-hydrogen) atoms. The van der Waals surface area contributed by atoms with E-state index >= 15 is 0 Å². The lowest BCUT2D eigenvalue weighted by atomic mass is 10.2. The van der Waals surface area contributed by atoms with Crippen molar-refractivity contribution >= 4 is 49.7 Å². The molecule has 0 aliphatic rings. The van der Waals surface area contributed by atoms with Gasteiger partial charge in [0.2, 0.25) is 0 Å². The van der Waals surface area contributed by atoms with Gasteiger partial charge in [-0.15, -0.1) is 0 Å². The van der Waals surface area contributed by atoms with Crippen molar-refractivity contribution in [3.8, 4) is 5.75 Å². The van der Waals surface area contributed by atoms with E-state index in [0.29, 0.717) is 22.5 Å². The van der Waals surface area contributed by atoms with Crippen molar-refractivity contribution in [3.63, 3.8) is 0 Å². The summed E-state index contributed by atoms with van der Waals surface area (Å²) in [6.45, 7) is 2.79. The molecule has 0 aliphatic heterocycles. The van der Waals surface area contributed by atoms with Crippen LogP contribution in [0.1, 0.15) is 6.92 Å². The van der Waals surface area contributed by atoms with E-state index in [-0.39, 0.29) is 0 Å². The second-order valence-corrected chi connectivity index (χ2v) is 7.05. The van der Waals surface area contributed by atoms with E-state index < -0.39 is 0 Å². The van der Waals surface area contributed by atoms with Crippen molar-refractivity contribution in [2.45, 2.75) is 6.92 Å². The number of hydrogen-bond donors (Lipinski definition) is 2. The monoisotopic (exact) mass is 392 g/mol. The molecule has 0 aliphatic carbocycles. The Morgan fingerprint density at radius 3 is 2.71 bits per heavy atom. The smallest absolute Gasteiger partial charge is 0.189 e. The summed E-state index contributed by atoms with van der Waals surface area (Å²) in [4.78, 5) is 15.4. The number of nitrogens with zero attached hydrogens (tertiary/aromatic N) is 4. The number of thiazole rings is 1. The third kappa shape index (κ3) is 3.41. The molecule has 0 radical (unpaired) electrons. The maximum absolute atomic E-state index is 6.41. The van der Waals surface area contributed by atoms with E-state index in [1.165, 1.54) is 17.7 Å². The molecule has 0 fully saturated rings. The third-order valence-electron chi connectivity index (χ3n) is 4.32. The summed E-state index contributed by atoms with van der Waals surface area (Å²) in [5.74, 6) is 1.99. The minimum absolute atomic E-state index is 0.477. The quantitative estimate of drug-likeness (QED) is 0.496. The molecule has 7 nitrogen and oxygen atoms in total. The number of hydrogen-bond acceptors (Lipinski definition) is 8. The average molecular weight is 392 g/mol. The molecule has 0 saturated heterocycles. The Morgan fingerprint density at radius 2 is 1.96 bits per heavy atom. The second-order valence-electron chi connectivity index (χ2n) is 6.02. The number of rotatable bonds is 6. The van der Waals surface area contributed by atoms with Crippen LogP contribution in [-0.4, -0.2) is 28.6 Å². The molecule has 0 atom stereocenters. The second kappa shape index (κ2) is 7.69. The van der Waals surface area contributed by atoms with Gasteiger partial charge in [0.05, 0.1) is 17.3 Å². The molecule has 0 spiro atoms. The summed E-state index contributed by atoms with van der Waals surface area (Å²) in [7, 11) is 1.65. The molecule has 0 amide bonds. The molecule has 0 bridgehead atoms. The molecule has 3 N–H and O–H groups in total. The highest BCUT2D eigenvalue weighted by atomic mass is 32.1. The van der Waals surface area contributed by atoms with Crippen LogP contribution in [0.4, 0.5) is 28.1 Å². The molecule has 0 saturated carbocycles. The first-order valence-corrected chi connectivity index (χ1v) is 9.66. The maximum atomic E-state index is 6.41. The van der Waals surface area contributed by atoms with Gasteiger partial charge >= 0.3 is 0 Å². The number of nitrogen functional groups attached to an aromatic ring is 1. The first kappa shape index (κ1) is 18.0. The van der Waals surface area contributed by atoms with Gasteiger partial charge in [-0.25, -0.2) is 15.0 Å². The number of anilines is 5. The van der Waals surface area contributed by atoms with Gasteiger partial charge < -0.3 is 20.7 Å². The number of nitrogens with one attached hydrogen (secondary N) is 1. The fraction of sp³-hybridized carbons (Fsp3) is 0.150. The number of ether oxygens (including phenoxy) is 1. The van der Waals surface area contributed by atoms with Gasteiger partial charge in [-0.05, 0) is 37.3 Å². The van der Waals surface area contributed by atoms with Crippen LogP contribution in [0.5, 0.6) is 5.75 Å². The average Bonchev–Trinajstić information content (AvgIpc) is 3.13. The van der Waals surface area contributed by atoms with Crippen molar-refractivity contribution in [2.75, 3.05) is 29.6 Å². The highest BCUT2D eigenvalue weighted by Gasteiger charge is 2.16. The van der Waals surface area contributed by atoms with Crippen molar-refractivity contribution in [1.82, 2.24) is 15.0 Å². The Labute approximate surface area is 166 Å². The Kier molecular flexibility index (Phi) is 4.94. The van der Waals surface area contributed by atoms with Crippen LogP contribution in [-0.2, 0) is 0 Å². The summed E-state index contributed by atoms with van der Waals surface area (Å²) in [5.41, 5.74) is 8.80. The van der Waals surface area contributed by atoms with Crippen LogP contribution in [0.2, 0.25) is 0 Å². The zero-order valence-electron chi connectivity index (χ0n) is 15.6. The lowest BCUT2D eigenvalue weighted by Crippen LogP contribution is -2.19. The summed E-state index contributed by atoms with van der Waals surface area (Å²) >= 11 is 1.51. The molecule has 2 aromatic heterocycles. The summed E-state index contributed by atoms with van der Waals surface area (Å²) in [6, 6.07) is 15.8. The summed E-state index contributed by atoms with van der Waals surface area (Å²) in [5, 5.41) is 3.94. The predicted molar refractivity (Wildman–Crippen MR) is 115 cm³/mol. The van der Waals surface area contributed by atoms with E-state index in [9.17, 15) is 0 Å². The van der Waals surface area contributed by atoms with E-state index in [2.05, 4.69) is 27.2 Å². The fourth-order valence-electron chi connectivity index (χ4n) is 2.95. The third-order valence-corrected chi connectivity index (χ3v) is 5.26. The van der Waals surface area contributed by atoms with E-state index in [1.807, 2.05) is 53.4 Å². The van der Waals surface area contributed by atoms with E-state index in [1.54, 1.807) is 7.11 Å². The Morgan fingerprint density at radius 1 is 1.14 bits per heavy atom. The zero-order chi connectivity index (χ0) is 19.5. The molecule has 4 aromatic rings. The van der Waals surface area contributed by atoms with Gasteiger partial charge in [0.25, 0.3) is 0 Å². The fourth-order valence-corrected chi connectivity index (χ4v) is 3.84. The lowest BCUT2D eigenvalue weighted by molar-refractivity contribution is 0.415. The van der Waals surface area contributed by atoms with Gasteiger partial charge in [0.15, 0.2) is 16.8 Å². The largest absolute Gasteiger partial charge is 0.497 e. The number of fused-ring (bicyclic) bond motifs is 1. The SMILES string of the molecule is CCN(c1ccccc1)c1ncnc(Nc2nc3ccc(OC)cc3s2)c1N. The Bertz CT molecular complexity index is 1100. The number of nitrogens with two attached hydrogens (primary N) is 1. The van der Waals surface area contributed by atoms with Crippen molar-refractivity contribution in [3.05, 3.63) is 54.9 Å². The van der Waals surface area contributed by atoms with E-state index in [4.69, 9.17) is 10.5 Å². The minimum atomic E-state index is 0.477.